The van der Waals surface area contributed by atoms with E-state index in [0.717, 1.165) is 18.1 Å². The Labute approximate surface area is 229 Å². The third-order valence-electron chi connectivity index (χ3n) is 6.08. The van der Waals surface area contributed by atoms with Crippen molar-refractivity contribution < 1.29 is 18.7 Å². The molecular formula is C29H28ClF2N3O2S. The Morgan fingerprint density at radius 2 is 1.76 bits per heavy atom. The van der Waals surface area contributed by atoms with Crippen LogP contribution < -0.4 is 10.6 Å². The van der Waals surface area contributed by atoms with Gasteiger partial charge in [0.2, 0.25) is 0 Å². The van der Waals surface area contributed by atoms with E-state index in [4.69, 9.17) is 11.6 Å². The van der Waals surface area contributed by atoms with Gasteiger partial charge in [-0.25, -0.2) is 13.8 Å². The van der Waals surface area contributed by atoms with Gasteiger partial charge >= 0.3 is 0 Å². The largest absolute Gasteiger partial charge is 0.390 e. The summed E-state index contributed by atoms with van der Waals surface area (Å²) in [5.41, 5.74) is 3.47. The van der Waals surface area contributed by atoms with Crippen LogP contribution in [0.1, 0.15) is 34.1 Å². The van der Waals surface area contributed by atoms with Gasteiger partial charge in [-0.05, 0) is 47.7 Å². The normalized spacial score (nSPS) is 12.8. The number of aromatic nitrogens is 1. The van der Waals surface area contributed by atoms with Gasteiger partial charge in [-0.3, -0.25) is 4.79 Å². The van der Waals surface area contributed by atoms with Crippen molar-refractivity contribution in [2.45, 2.75) is 38.5 Å². The van der Waals surface area contributed by atoms with E-state index < -0.39 is 29.7 Å². The van der Waals surface area contributed by atoms with Gasteiger partial charge in [0.15, 0.2) is 0 Å². The topological polar surface area (TPSA) is 74.2 Å². The quantitative estimate of drug-likeness (QED) is 0.219. The number of hydrogen-bond acceptors (Lipinski definition) is 5. The van der Waals surface area contributed by atoms with Crippen LogP contribution in [0.3, 0.4) is 0 Å². The van der Waals surface area contributed by atoms with E-state index in [1.54, 1.807) is 11.4 Å². The van der Waals surface area contributed by atoms with E-state index in [0.29, 0.717) is 27.7 Å². The SMILES string of the molecule is CCc1cccc(CNC[C@@H](O)[C@H](Cc2cc(F)cc(F)c2)NC(=O)c2csc(-c3ccccc3Cl)n2)c1. The number of aryl methyl sites for hydroxylation is 1. The lowest BCUT2D eigenvalue weighted by atomic mass is 10.00. The summed E-state index contributed by atoms with van der Waals surface area (Å²) in [4.78, 5) is 17.5. The monoisotopic (exact) mass is 555 g/mol. The minimum atomic E-state index is -1.04. The number of aliphatic hydroxyl groups is 1. The number of nitrogens with one attached hydrogen (secondary N) is 2. The molecule has 0 aliphatic carbocycles. The minimum Gasteiger partial charge on any atom is -0.390 e. The van der Waals surface area contributed by atoms with Crippen LogP contribution in [0.15, 0.2) is 72.1 Å². The van der Waals surface area contributed by atoms with Crippen LogP contribution in [0.2, 0.25) is 5.02 Å². The standard InChI is InChI=1S/C29H28ClF2N3O2S/c1-2-18-6-5-7-19(10-18)15-33-16-27(36)25(13-20-11-21(31)14-22(32)12-20)34-28(37)26-17-38-29(35-26)23-8-3-4-9-24(23)30/h3-12,14,17,25,27,33,36H,2,13,15-16H2,1H3,(H,34,37)/t25-,27+/m0/s1. The van der Waals surface area contributed by atoms with E-state index in [9.17, 15) is 18.7 Å². The molecule has 0 saturated heterocycles. The summed E-state index contributed by atoms with van der Waals surface area (Å²) in [5, 5.41) is 19.7. The van der Waals surface area contributed by atoms with Crippen LogP contribution in [-0.4, -0.2) is 34.7 Å². The van der Waals surface area contributed by atoms with E-state index in [2.05, 4.69) is 34.7 Å². The Balaban J connectivity index is 1.47. The fraction of sp³-hybridized carbons (Fsp3) is 0.241. The Bertz CT molecular complexity index is 1380. The molecule has 3 N–H and O–H groups in total. The lowest BCUT2D eigenvalue weighted by Crippen LogP contribution is -2.48. The number of hydrogen-bond donors (Lipinski definition) is 3. The van der Waals surface area contributed by atoms with Gasteiger partial charge in [-0.1, -0.05) is 61.0 Å². The van der Waals surface area contributed by atoms with Crippen molar-refractivity contribution in [3.8, 4) is 10.6 Å². The Hall–Kier alpha value is -3.17. The first-order valence-corrected chi connectivity index (χ1v) is 13.5. The second-order valence-electron chi connectivity index (χ2n) is 8.95. The summed E-state index contributed by atoms with van der Waals surface area (Å²) in [6, 6.07) is 17.7. The maximum atomic E-state index is 13.8. The molecule has 3 aromatic carbocycles. The molecular weight excluding hydrogens is 528 g/mol. The van der Waals surface area contributed by atoms with Crippen molar-refractivity contribution in [1.29, 1.82) is 0 Å². The third-order valence-corrected chi connectivity index (χ3v) is 7.29. The third kappa shape index (κ3) is 7.45. The molecule has 1 amide bonds. The van der Waals surface area contributed by atoms with Crippen LogP contribution in [0.4, 0.5) is 8.78 Å². The van der Waals surface area contributed by atoms with Crippen LogP contribution in [-0.2, 0) is 19.4 Å². The van der Waals surface area contributed by atoms with Gasteiger partial charge < -0.3 is 15.7 Å². The van der Waals surface area contributed by atoms with Crippen molar-refractivity contribution in [2.24, 2.45) is 0 Å². The smallest absolute Gasteiger partial charge is 0.271 e. The van der Waals surface area contributed by atoms with E-state index in [-0.39, 0.29) is 18.7 Å². The molecule has 198 valence electrons. The number of rotatable bonds is 11. The number of halogens is 3. The van der Waals surface area contributed by atoms with Gasteiger partial charge in [-0.2, -0.15) is 0 Å². The van der Waals surface area contributed by atoms with Gasteiger partial charge in [0.05, 0.1) is 17.2 Å². The summed E-state index contributed by atoms with van der Waals surface area (Å²) in [6.07, 6.45) is -0.0963. The molecule has 0 radical (unpaired) electrons. The second-order valence-corrected chi connectivity index (χ2v) is 10.2. The summed E-state index contributed by atoms with van der Waals surface area (Å²) in [5.74, 6) is -1.95. The molecule has 0 unspecified atom stereocenters. The van der Waals surface area contributed by atoms with Crippen molar-refractivity contribution in [3.05, 3.63) is 111 Å². The number of amides is 1. The van der Waals surface area contributed by atoms with E-state index in [1.807, 2.05) is 30.3 Å². The maximum absolute atomic E-state index is 13.8. The molecule has 5 nitrogen and oxygen atoms in total. The van der Waals surface area contributed by atoms with Crippen molar-refractivity contribution in [3.63, 3.8) is 0 Å². The first-order chi connectivity index (χ1) is 18.3. The highest BCUT2D eigenvalue weighted by atomic mass is 35.5. The summed E-state index contributed by atoms with van der Waals surface area (Å²) in [6.45, 7) is 2.76. The molecule has 0 aliphatic rings. The van der Waals surface area contributed by atoms with Gasteiger partial charge in [0, 0.05) is 30.1 Å². The molecule has 0 saturated carbocycles. The molecule has 38 heavy (non-hydrogen) atoms. The average Bonchev–Trinajstić information content (AvgIpc) is 3.38. The first kappa shape index (κ1) is 27.9. The van der Waals surface area contributed by atoms with Crippen LogP contribution >= 0.6 is 22.9 Å². The molecule has 2 atom stereocenters. The predicted octanol–water partition coefficient (Wildman–Crippen LogP) is 5.80. The van der Waals surface area contributed by atoms with Gasteiger partial charge in [0.1, 0.15) is 22.3 Å². The van der Waals surface area contributed by atoms with Crippen LogP contribution in [0.5, 0.6) is 0 Å². The van der Waals surface area contributed by atoms with Crippen LogP contribution in [0, 0.1) is 11.6 Å². The summed E-state index contributed by atoms with van der Waals surface area (Å²) < 4.78 is 27.7. The average molecular weight is 556 g/mol. The highest BCUT2D eigenvalue weighted by molar-refractivity contribution is 7.13. The zero-order chi connectivity index (χ0) is 27.1. The Morgan fingerprint density at radius 1 is 1.03 bits per heavy atom. The molecule has 0 aliphatic heterocycles. The number of thiazole rings is 1. The molecule has 0 spiro atoms. The molecule has 4 aromatic rings. The Kier molecular flexibility index (Phi) is 9.58. The van der Waals surface area contributed by atoms with Crippen molar-refractivity contribution >= 4 is 28.8 Å². The lowest BCUT2D eigenvalue weighted by Gasteiger charge is -2.24. The number of aliphatic hydroxyl groups excluding tert-OH is 1. The van der Waals surface area contributed by atoms with Crippen molar-refractivity contribution in [2.75, 3.05) is 6.54 Å². The van der Waals surface area contributed by atoms with Gasteiger partial charge in [0.25, 0.3) is 5.91 Å². The maximum Gasteiger partial charge on any atom is 0.271 e. The number of benzene rings is 3. The van der Waals surface area contributed by atoms with Crippen LogP contribution in [0.25, 0.3) is 10.6 Å². The highest BCUT2D eigenvalue weighted by Gasteiger charge is 2.24. The molecule has 9 heteroatoms. The van der Waals surface area contributed by atoms with Crippen molar-refractivity contribution in [1.82, 2.24) is 15.6 Å². The highest BCUT2D eigenvalue weighted by Crippen LogP contribution is 2.30. The zero-order valence-electron chi connectivity index (χ0n) is 20.8. The molecule has 1 aromatic heterocycles. The molecule has 1 heterocycles. The lowest BCUT2D eigenvalue weighted by molar-refractivity contribution is 0.0826. The second kappa shape index (κ2) is 13.1. The minimum absolute atomic E-state index is 0.0239. The number of carbonyl (C=O) groups excluding carboxylic acids is 1. The molecule has 4 rings (SSSR count). The molecule has 0 fully saturated rings. The Morgan fingerprint density at radius 3 is 2.50 bits per heavy atom. The predicted molar refractivity (Wildman–Crippen MR) is 147 cm³/mol. The first-order valence-electron chi connectivity index (χ1n) is 12.2. The van der Waals surface area contributed by atoms with E-state index >= 15 is 0 Å². The van der Waals surface area contributed by atoms with Gasteiger partial charge in [-0.15, -0.1) is 11.3 Å². The molecule has 0 bridgehead atoms. The number of nitrogens with zero attached hydrogens (tertiary/aromatic N) is 1. The zero-order valence-corrected chi connectivity index (χ0v) is 22.3. The summed E-state index contributed by atoms with van der Waals surface area (Å²) in [7, 11) is 0. The fourth-order valence-corrected chi connectivity index (χ4v) is 5.23. The van der Waals surface area contributed by atoms with E-state index in [1.165, 1.54) is 29.0 Å². The fourth-order valence-electron chi connectivity index (χ4n) is 4.11. The number of carbonyl (C=O) groups is 1. The summed E-state index contributed by atoms with van der Waals surface area (Å²) >= 11 is 7.54.